The lowest BCUT2D eigenvalue weighted by Gasteiger charge is -2.17. The van der Waals surface area contributed by atoms with Crippen LogP contribution in [-0.4, -0.2) is 27.0 Å². The number of allylic oxidation sites excluding steroid dienone is 4. The molecule has 3 aromatic heterocycles. The summed E-state index contributed by atoms with van der Waals surface area (Å²) in [4.78, 5) is 23.3. The lowest BCUT2D eigenvalue weighted by molar-refractivity contribution is -0.0933. The summed E-state index contributed by atoms with van der Waals surface area (Å²) in [6.07, 6.45) is 2.17. The van der Waals surface area contributed by atoms with E-state index >= 15 is 0 Å². The Hall–Kier alpha value is -3.42. The summed E-state index contributed by atoms with van der Waals surface area (Å²) in [5.74, 6) is -0.141. The van der Waals surface area contributed by atoms with Crippen molar-refractivity contribution in [2.75, 3.05) is 5.32 Å². The summed E-state index contributed by atoms with van der Waals surface area (Å²) in [6, 6.07) is 8.18. The number of nitrogens with one attached hydrogen (secondary N) is 2. The van der Waals surface area contributed by atoms with Crippen molar-refractivity contribution < 1.29 is 18.0 Å². The van der Waals surface area contributed by atoms with Gasteiger partial charge >= 0.3 is 6.18 Å². The van der Waals surface area contributed by atoms with Gasteiger partial charge < -0.3 is 10.3 Å². The normalized spacial score (nSPS) is 14.5. The van der Waals surface area contributed by atoms with Crippen LogP contribution < -0.4 is 5.32 Å². The van der Waals surface area contributed by atoms with Gasteiger partial charge in [0.25, 0.3) is 5.91 Å². The maximum atomic E-state index is 13.3. The van der Waals surface area contributed by atoms with Gasteiger partial charge in [-0.3, -0.25) is 9.78 Å². The van der Waals surface area contributed by atoms with E-state index in [9.17, 15) is 18.0 Å². The van der Waals surface area contributed by atoms with Gasteiger partial charge in [0.15, 0.2) is 0 Å². The molecule has 0 aromatic carbocycles. The Labute approximate surface area is 158 Å². The molecule has 0 atom stereocenters. The van der Waals surface area contributed by atoms with Gasteiger partial charge in [0.2, 0.25) is 0 Å². The van der Waals surface area contributed by atoms with Crippen LogP contribution in [-0.2, 0) is 0 Å². The summed E-state index contributed by atoms with van der Waals surface area (Å²) in [5.41, 5.74) is 0.777. The van der Waals surface area contributed by atoms with Gasteiger partial charge in [0.05, 0.1) is 5.52 Å². The number of hydrogen-bond acceptors (Lipinski definition) is 3. The van der Waals surface area contributed by atoms with Crippen LogP contribution >= 0.6 is 0 Å². The third-order valence-corrected chi connectivity index (χ3v) is 4.45. The molecule has 0 aliphatic heterocycles. The molecule has 2 N–H and O–H groups in total. The number of amides is 1. The second kappa shape index (κ2) is 6.95. The van der Waals surface area contributed by atoms with Crippen molar-refractivity contribution >= 4 is 28.2 Å². The molecule has 1 aliphatic rings. The molecule has 0 radical (unpaired) electrons. The first-order valence-corrected chi connectivity index (χ1v) is 8.60. The maximum Gasteiger partial charge on any atom is 0.413 e. The highest BCUT2D eigenvalue weighted by Crippen LogP contribution is 2.39. The van der Waals surface area contributed by atoms with Crippen molar-refractivity contribution in [1.82, 2.24) is 15.0 Å². The van der Waals surface area contributed by atoms with Crippen LogP contribution in [0.3, 0.4) is 0 Å². The van der Waals surface area contributed by atoms with Crippen LogP contribution in [0.1, 0.15) is 29.0 Å². The molecule has 5 nitrogen and oxygen atoms in total. The van der Waals surface area contributed by atoms with Crippen LogP contribution in [0.5, 0.6) is 0 Å². The molecule has 142 valence electrons. The van der Waals surface area contributed by atoms with E-state index in [1.54, 1.807) is 36.4 Å². The Bertz CT molecular complexity index is 1100. The van der Waals surface area contributed by atoms with E-state index in [0.717, 1.165) is 0 Å². The molecule has 1 amide bonds. The molecule has 1 aliphatic carbocycles. The molecule has 8 heteroatoms. The van der Waals surface area contributed by atoms with Crippen LogP contribution in [0.25, 0.3) is 16.5 Å². The molecule has 0 fully saturated rings. The number of aromatic amines is 1. The number of rotatable bonds is 3. The number of H-pyrrole nitrogens is 1. The van der Waals surface area contributed by atoms with E-state index in [-0.39, 0.29) is 23.5 Å². The monoisotopic (exact) mass is 384 g/mol. The highest BCUT2D eigenvalue weighted by Gasteiger charge is 2.36. The Balaban J connectivity index is 1.66. The van der Waals surface area contributed by atoms with Gasteiger partial charge in [-0.1, -0.05) is 18.2 Å². The molecule has 0 spiro atoms. The van der Waals surface area contributed by atoms with Crippen molar-refractivity contribution in [3.05, 3.63) is 71.8 Å². The van der Waals surface area contributed by atoms with E-state index in [0.29, 0.717) is 23.0 Å². The Morgan fingerprint density at radius 2 is 2.04 bits per heavy atom. The first-order chi connectivity index (χ1) is 13.4. The minimum atomic E-state index is -4.38. The number of anilines is 1. The highest BCUT2D eigenvalue weighted by atomic mass is 19.4. The zero-order valence-electron chi connectivity index (χ0n) is 14.5. The van der Waals surface area contributed by atoms with Crippen molar-refractivity contribution in [2.45, 2.75) is 19.0 Å². The van der Waals surface area contributed by atoms with Crippen molar-refractivity contribution in [2.24, 2.45) is 0 Å². The van der Waals surface area contributed by atoms with Gasteiger partial charge in [-0.2, -0.15) is 13.2 Å². The van der Waals surface area contributed by atoms with Gasteiger partial charge in [0, 0.05) is 40.7 Å². The third-order valence-electron chi connectivity index (χ3n) is 4.45. The average Bonchev–Trinajstić information content (AvgIpc) is 3.11. The molecule has 0 saturated heterocycles. The number of fused-ring (bicyclic) bond motifs is 1. The fraction of sp³-hybridized carbons (Fsp3) is 0.150. The fourth-order valence-electron chi connectivity index (χ4n) is 3.13. The summed E-state index contributed by atoms with van der Waals surface area (Å²) in [7, 11) is 0. The second-order valence-electron chi connectivity index (χ2n) is 6.34. The summed E-state index contributed by atoms with van der Waals surface area (Å²) < 4.78 is 40.0. The van der Waals surface area contributed by atoms with Crippen LogP contribution in [0.4, 0.5) is 19.0 Å². The topological polar surface area (TPSA) is 70.7 Å². The maximum absolute atomic E-state index is 13.3. The van der Waals surface area contributed by atoms with E-state index < -0.39 is 17.7 Å². The predicted octanol–water partition coefficient (Wildman–Crippen LogP) is 4.88. The second-order valence-corrected chi connectivity index (χ2v) is 6.34. The Morgan fingerprint density at radius 1 is 1.18 bits per heavy atom. The van der Waals surface area contributed by atoms with Gasteiger partial charge in [0.1, 0.15) is 11.5 Å². The van der Waals surface area contributed by atoms with Crippen molar-refractivity contribution in [1.29, 1.82) is 0 Å². The largest absolute Gasteiger partial charge is 0.413 e. The van der Waals surface area contributed by atoms with Crippen LogP contribution in [0, 0.1) is 0 Å². The Kier molecular flexibility index (Phi) is 4.46. The van der Waals surface area contributed by atoms with Crippen molar-refractivity contribution in [3.8, 4) is 0 Å². The highest BCUT2D eigenvalue weighted by molar-refractivity contribution is 6.03. The molecule has 0 saturated carbocycles. The quantitative estimate of drug-likeness (QED) is 0.676. The molecular weight excluding hydrogens is 369 g/mol. The molecule has 4 rings (SSSR count). The number of carbonyl (C=O) groups is 1. The van der Waals surface area contributed by atoms with Gasteiger partial charge in [-0.05, 0) is 31.0 Å². The Morgan fingerprint density at radius 3 is 2.79 bits per heavy atom. The lowest BCUT2D eigenvalue weighted by Crippen LogP contribution is -2.15. The minimum absolute atomic E-state index is 0.0473. The minimum Gasteiger partial charge on any atom is -0.354 e. The number of carbonyl (C=O) groups excluding carboxylic acids is 1. The number of aromatic nitrogens is 3. The van der Waals surface area contributed by atoms with E-state index in [2.05, 4.69) is 20.3 Å². The lowest BCUT2D eigenvalue weighted by atomic mass is 9.95. The average molecular weight is 384 g/mol. The summed E-state index contributed by atoms with van der Waals surface area (Å²) >= 11 is 0. The first kappa shape index (κ1) is 18.0. The summed E-state index contributed by atoms with van der Waals surface area (Å²) in [6.45, 7) is 0. The number of hydrogen-bond donors (Lipinski definition) is 2. The third kappa shape index (κ3) is 3.53. The number of nitrogens with zero attached hydrogens (tertiary/aromatic N) is 2. The smallest absolute Gasteiger partial charge is 0.354 e. The molecule has 0 bridgehead atoms. The van der Waals surface area contributed by atoms with E-state index in [4.69, 9.17) is 0 Å². The number of halogens is 3. The molecule has 28 heavy (non-hydrogen) atoms. The summed E-state index contributed by atoms with van der Waals surface area (Å²) in [5, 5.41) is 3.29. The predicted molar refractivity (Wildman–Crippen MR) is 99.6 cm³/mol. The van der Waals surface area contributed by atoms with Crippen LogP contribution in [0.15, 0.2) is 60.5 Å². The zero-order valence-corrected chi connectivity index (χ0v) is 14.5. The SMILES string of the molecule is O=C(Nc1cc2[nH]c(C3=C(C(F)(F)F)CCC=C3)cc2cn1)c1ccccn1. The van der Waals surface area contributed by atoms with Crippen molar-refractivity contribution in [3.63, 3.8) is 0 Å². The number of alkyl halides is 3. The standard InChI is InChI=1S/C20H15F3N4O/c21-20(22,23)14-6-2-1-5-13(14)17-9-12-11-25-18(10-16(12)26-17)27-19(28)15-7-3-4-8-24-15/h1,3-5,7-11,26H,2,6H2,(H,25,27,28). The van der Waals surface area contributed by atoms with E-state index in [1.807, 2.05) is 0 Å². The molecule has 0 unspecified atom stereocenters. The zero-order chi connectivity index (χ0) is 19.7. The molecule has 3 aromatic rings. The number of pyridine rings is 2. The van der Waals surface area contributed by atoms with Crippen LogP contribution in [0.2, 0.25) is 0 Å². The molecule has 3 heterocycles. The first-order valence-electron chi connectivity index (χ1n) is 8.60. The fourth-order valence-corrected chi connectivity index (χ4v) is 3.13. The van der Waals surface area contributed by atoms with Gasteiger partial charge in [-0.15, -0.1) is 0 Å². The van der Waals surface area contributed by atoms with Gasteiger partial charge in [-0.25, -0.2) is 4.98 Å². The molecular formula is C20H15F3N4O. The van der Waals surface area contributed by atoms with E-state index in [1.165, 1.54) is 18.5 Å².